The summed E-state index contributed by atoms with van der Waals surface area (Å²) in [6, 6.07) is 2.28. The van der Waals surface area contributed by atoms with Crippen molar-refractivity contribution < 1.29 is 0 Å². The number of aromatic nitrogens is 3. The molecule has 0 unspecified atom stereocenters. The number of rotatable bonds is 2. The molecule has 0 aliphatic rings. The van der Waals surface area contributed by atoms with Gasteiger partial charge in [0.1, 0.15) is 12.1 Å². The molecule has 0 saturated heterocycles. The maximum absolute atomic E-state index is 4.20. The van der Waals surface area contributed by atoms with Crippen LogP contribution >= 0.6 is 0 Å². The Morgan fingerprint density at radius 3 is 2.93 bits per heavy atom. The summed E-state index contributed by atoms with van der Waals surface area (Å²) in [7, 11) is 0. The van der Waals surface area contributed by atoms with Gasteiger partial charge in [0.2, 0.25) is 0 Å². The first-order chi connectivity index (χ1) is 6.77. The Hall–Kier alpha value is -1.71. The molecule has 0 spiro atoms. The molecule has 0 atom stereocenters. The monoisotopic (exact) mass is 188 g/mol. The van der Waals surface area contributed by atoms with E-state index < -0.39 is 0 Å². The normalized spacial score (nSPS) is 10.8. The van der Waals surface area contributed by atoms with Gasteiger partial charge in [0, 0.05) is 17.6 Å². The highest BCUT2D eigenvalue weighted by Crippen LogP contribution is 2.17. The molecule has 2 heterocycles. The largest absolute Gasteiger partial charge is 0.367 e. The lowest BCUT2D eigenvalue weighted by molar-refractivity contribution is 0.890. The third kappa shape index (κ3) is 1.64. The molecule has 0 aliphatic heterocycles. The number of anilines is 1. The average Bonchev–Trinajstić information content (AvgIpc) is 2.18. The summed E-state index contributed by atoms with van der Waals surface area (Å²) < 4.78 is 0. The molecule has 2 aromatic heterocycles. The maximum Gasteiger partial charge on any atom is 0.137 e. The van der Waals surface area contributed by atoms with Gasteiger partial charge < -0.3 is 5.32 Å². The Balaban J connectivity index is 2.53. The lowest BCUT2D eigenvalue weighted by Gasteiger charge is -2.10. The molecular weight excluding hydrogens is 176 g/mol. The van der Waals surface area contributed by atoms with E-state index in [0.29, 0.717) is 6.04 Å². The maximum atomic E-state index is 4.20. The van der Waals surface area contributed by atoms with E-state index >= 15 is 0 Å². The number of hydrogen-bond donors (Lipinski definition) is 1. The van der Waals surface area contributed by atoms with Gasteiger partial charge in [0.05, 0.1) is 11.7 Å². The highest BCUT2D eigenvalue weighted by Gasteiger charge is 2.03. The minimum Gasteiger partial charge on any atom is -0.367 e. The molecular formula is C10H12N4. The third-order valence-electron chi connectivity index (χ3n) is 1.86. The Morgan fingerprint density at radius 1 is 1.29 bits per heavy atom. The fourth-order valence-corrected chi connectivity index (χ4v) is 1.30. The van der Waals surface area contributed by atoms with E-state index in [0.717, 1.165) is 16.7 Å². The van der Waals surface area contributed by atoms with Gasteiger partial charge in [0.15, 0.2) is 0 Å². The van der Waals surface area contributed by atoms with Crippen molar-refractivity contribution in [2.45, 2.75) is 19.9 Å². The molecule has 2 aromatic rings. The molecule has 0 radical (unpaired) electrons. The molecule has 1 N–H and O–H groups in total. The second-order valence-corrected chi connectivity index (χ2v) is 3.41. The van der Waals surface area contributed by atoms with Crippen LogP contribution in [0.15, 0.2) is 24.8 Å². The summed E-state index contributed by atoms with van der Waals surface area (Å²) in [6.07, 6.45) is 5.04. The first-order valence-electron chi connectivity index (χ1n) is 4.58. The predicted octanol–water partition coefficient (Wildman–Crippen LogP) is 1.85. The minimum absolute atomic E-state index is 0.362. The number of hydrogen-bond acceptors (Lipinski definition) is 4. The highest BCUT2D eigenvalue weighted by atomic mass is 15.0. The van der Waals surface area contributed by atoms with Crippen LogP contribution in [-0.2, 0) is 0 Å². The second-order valence-electron chi connectivity index (χ2n) is 3.41. The van der Waals surface area contributed by atoms with Gasteiger partial charge in [-0.25, -0.2) is 9.97 Å². The van der Waals surface area contributed by atoms with Gasteiger partial charge in [-0.05, 0) is 19.9 Å². The SMILES string of the molecule is CC(C)Nc1ncnc2cnccc12. The molecule has 72 valence electrons. The van der Waals surface area contributed by atoms with Crippen molar-refractivity contribution in [3.63, 3.8) is 0 Å². The molecule has 4 heteroatoms. The quantitative estimate of drug-likeness (QED) is 0.781. The van der Waals surface area contributed by atoms with Crippen LogP contribution in [0, 0.1) is 0 Å². The van der Waals surface area contributed by atoms with E-state index in [9.17, 15) is 0 Å². The molecule has 0 saturated carbocycles. The summed E-state index contributed by atoms with van der Waals surface area (Å²) in [6.45, 7) is 4.16. The fraction of sp³-hybridized carbons (Fsp3) is 0.300. The summed E-state index contributed by atoms with van der Waals surface area (Å²) in [5.74, 6) is 0.868. The van der Waals surface area contributed by atoms with Gasteiger partial charge >= 0.3 is 0 Å². The summed E-state index contributed by atoms with van der Waals surface area (Å²) in [5.41, 5.74) is 0.866. The van der Waals surface area contributed by atoms with Crippen LogP contribution < -0.4 is 5.32 Å². The number of fused-ring (bicyclic) bond motifs is 1. The van der Waals surface area contributed by atoms with E-state index in [1.807, 2.05) is 6.07 Å². The van der Waals surface area contributed by atoms with Gasteiger partial charge in [-0.2, -0.15) is 0 Å². The molecule has 2 rings (SSSR count). The van der Waals surface area contributed by atoms with Crippen molar-refractivity contribution >= 4 is 16.7 Å². The van der Waals surface area contributed by atoms with E-state index in [-0.39, 0.29) is 0 Å². The standard InChI is InChI=1S/C10H12N4/c1-7(2)14-10-8-3-4-11-5-9(8)12-6-13-10/h3-7H,1-2H3,(H,12,13,14). The van der Waals surface area contributed by atoms with Gasteiger partial charge in [0.25, 0.3) is 0 Å². The lowest BCUT2D eigenvalue weighted by atomic mass is 10.3. The van der Waals surface area contributed by atoms with Gasteiger partial charge in [-0.1, -0.05) is 0 Å². The first-order valence-corrected chi connectivity index (χ1v) is 4.58. The van der Waals surface area contributed by atoms with E-state index in [1.54, 1.807) is 18.7 Å². The van der Waals surface area contributed by atoms with Crippen LogP contribution in [0.5, 0.6) is 0 Å². The van der Waals surface area contributed by atoms with Gasteiger partial charge in [-0.15, -0.1) is 0 Å². The molecule has 0 bridgehead atoms. The van der Waals surface area contributed by atoms with Crippen molar-refractivity contribution in [3.8, 4) is 0 Å². The fourth-order valence-electron chi connectivity index (χ4n) is 1.30. The van der Waals surface area contributed by atoms with Crippen LogP contribution in [0.4, 0.5) is 5.82 Å². The first kappa shape index (κ1) is 8.87. The Morgan fingerprint density at radius 2 is 2.14 bits per heavy atom. The minimum atomic E-state index is 0.362. The Labute approximate surface area is 82.4 Å². The topological polar surface area (TPSA) is 50.7 Å². The summed E-state index contributed by atoms with van der Waals surface area (Å²) in [4.78, 5) is 12.3. The Kier molecular flexibility index (Phi) is 2.26. The molecule has 14 heavy (non-hydrogen) atoms. The number of nitrogens with one attached hydrogen (secondary N) is 1. The van der Waals surface area contributed by atoms with Crippen LogP contribution in [-0.4, -0.2) is 21.0 Å². The number of pyridine rings is 1. The van der Waals surface area contributed by atoms with Gasteiger partial charge in [-0.3, -0.25) is 4.98 Å². The molecule has 4 nitrogen and oxygen atoms in total. The summed E-state index contributed by atoms with van der Waals surface area (Å²) >= 11 is 0. The molecule has 0 amide bonds. The van der Waals surface area contributed by atoms with Crippen molar-refractivity contribution in [2.24, 2.45) is 0 Å². The van der Waals surface area contributed by atoms with Crippen LogP contribution in [0.25, 0.3) is 10.9 Å². The van der Waals surface area contributed by atoms with Crippen molar-refractivity contribution in [1.29, 1.82) is 0 Å². The number of nitrogens with zero attached hydrogens (tertiary/aromatic N) is 3. The van der Waals surface area contributed by atoms with Crippen LogP contribution in [0.2, 0.25) is 0 Å². The van der Waals surface area contributed by atoms with E-state index in [1.165, 1.54) is 0 Å². The Bertz CT molecular complexity index is 434. The average molecular weight is 188 g/mol. The van der Waals surface area contributed by atoms with Crippen LogP contribution in [0.3, 0.4) is 0 Å². The van der Waals surface area contributed by atoms with E-state index in [2.05, 4.69) is 34.1 Å². The zero-order chi connectivity index (χ0) is 9.97. The smallest absolute Gasteiger partial charge is 0.137 e. The highest BCUT2D eigenvalue weighted by molar-refractivity contribution is 5.87. The van der Waals surface area contributed by atoms with Crippen molar-refractivity contribution in [1.82, 2.24) is 15.0 Å². The summed E-state index contributed by atoms with van der Waals surface area (Å²) in [5, 5.41) is 4.28. The lowest BCUT2D eigenvalue weighted by Crippen LogP contribution is -2.11. The molecule has 0 aromatic carbocycles. The van der Waals surface area contributed by atoms with Crippen LogP contribution in [0.1, 0.15) is 13.8 Å². The van der Waals surface area contributed by atoms with Crippen molar-refractivity contribution in [3.05, 3.63) is 24.8 Å². The zero-order valence-electron chi connectivity index (χ0n) is 8.23. The molecule has 0 fully saturated rings. The van der Waals surface area contributed by atoms with Crippen molar-refractivity contribution in [2.75, 3.05) is 5.32 Å². The third-order valence-corrected chi connectivity index (χ3v) is 1.86. The molecule has 0 aliphatic carbocycles. The van der Waals surface area contributed by atoms with E-state index in [4.69, 9.17) is 0 Å². The zero-order valence-corrected chi connectivity index (χ0v) is 8.23. The second kappa shape index (κ2) is 3.57. The predicted molar refractivity (Wildman–Crippen MR) is 56.1 cm³/mol.